The monoisotopic (exact) mass is 411 g/mol. The van der Waals surface area contributed by atoms with Gasteiger partial charge in [-0.2, -0.15) is 0 Å². The Bertz CT molecular complexity index is 834. The van der Waals surface area contributed by atoms with Gasteiger partial charge in [-0.25, -0.2) is 0 Å². The number of carbonyl (C=O) groups excluding carboxylic acids is 2. The number of rotatable bonds is 6. The molecule has 4 aliphatic rings. The number of methoxy groups -OCH3 is 1. The molecule has 5 atom stereocenters. The molecule has 2 heterocycles. The first kappa shape index (κ1) is 19.6. The summed E-state index contributed by atoms with van der Waals surface area (Å²) in [6, 6.07) is 8.00. The predicted molar refractivity (Wildman–Crippen MR) is 112 cm³/mol. The fraction of sp³-hybridized carbons (Fsp3) is 0.565. The number of imide groups is 1. The summed E-state index contributed by atoms with van der Waals surface area (Å²) < 4.78 is 5.47. The van der Waals surface area contributed by atoms with Crippen LogP contribution in [0.25, 0.3) is 0 Å². The first-order valence-corrected chi connectivity index (χ1v) is 10.9. The molecule has 30 heavy (non-hydrogen) atoms. The van der Waals surface area contributed by atoms with Gasteiger partial charge in [0.15, 0.2) is 0 Å². The van der Waals surface area contributed by atoms with E-state index in [0.717, 1.165) is 44.0 Å². The van der Waals surface area contributed by atoms with Crippen LogP contribution in [0.5, 0.6) is 5.75 Å². The minimum Gasteiger partial charge on any atom is -0.495 e. The van der Waals surface area contributed by atoms with Crippen molar-refractivity contribution in [3.8, 4) is 5.75 Å². The third-order valence-corrected chi connectivity index (χ3v) is 7.22. The molecule has 1 N–H and O–H groups in total. The third kappa shape index (κ3) is 3.20. The fourth-order valence-corrected chi connectivity index (χ4v) is 5.77. The van der Waals surface area contributed by atoms with Crippen LogP contribution in [0, 0.1) is 23.7 Å². The van der Waals surface area contributed by atoms with Gasteiger partial charge in [0.25, 0.3) is 0 Å². The summed E-state index contributed by atoms with van der Waals surface area (Å²) in [6.45, 7) is 3.89. The van der Waals surface area contributed by atoms with Crippen LogP contribution < -0.4 is 9.64 Å². The number of anilines is 1. The van der Waals surface area contributed by atoms with Crippen molar-refractivity contribution in [1.29, 1.82) is 0 Å². The van der Waals surface area contributed by atoms with Gasteiger partial charge in [0.2, 0.25) is 11.8 Å². The first-order valence-electron chi connectivity index (χ1n) is 10.9. The van der Waals surface area contributed by atoms with Crippen molar-refractivity contribution in [3.63, 3.8) is 0 Å². The van der Waals surface area contributed by atoms with E-state index in [0.29, 0.717) is 6.54 Å². The molecule has 2 aliphatic carbocycles. The Morgan fingerprint density at radius 1 is 1.00 bits per heavy atom. The van der Waals surface area contributed by atoms with Gasteiger partial charge >= 0.3 is 0 Å². The highest BCUT2D eigenvalue weighted by Gasteiger charge is 2.59. The van der Waals surface area contributed by atoms with E-state index >= 15 is 0 Å². The molecular formula is C23H29N3O4. The maximum Gasteiger partial charge on any atom is 0.233 e. The minimum atomic E-state index is -0.722. The van der Waals surface area contributed by atoms with Crippen LogP contribution in [0.15, 0.2) is 36.4 Å². The van der Waals surface area contributed by atoms with Gasteiger partial charge in [0, 0.05) is 32.7 Å². The lowest BCUT2D eigenvalue weighted by Crippen LogP contribution is -2.50. The van der Waals surface area contributed by atoms with Crippen LogP contribution in [0.1, 0.15) is 6.42 Å². The number of amides is 2. The fourth-order valence-electron chi connectivity index (χ4n) is 5.77. The number of β-amino-alcohol motifs (C(OH)–C–C–N with tert-alkyl or cyclic N) is 1. The van der Waals surface area contributed by atoms with E-state index in [1.54, 1.807) is 7.11 Å². The van der Waals surface area contributed by atoms with Crippen LogP contribution in [0.4, 0.5) is 5.69 Å². The molecule has 2 bridgehead atoms. The Balaban J connectivity index is 1.14. The number of piperazine rings is 1. The van der Waals surface area contributed by atoms with E-state index in [1.807, 2.05) is 18.2 Å². The average Bonchev–Trinajstić information content (AvgIpc) is 3.44. The molecule has 5 rings (SSSR count). The summed E-state index contributed by atoms with van der Waals surface area (Å²) in [5, 5.41) is 10.6. The third-order valence-electron chi connectivity index (χ3n) is 7.22. The standard InChI is InChI=1S/C23H29N3O4/c1-30-19-5-3-2-4-18(19)25-10-8-24(9-11-25)13-17(27)14-26-22(28)20-15-6-7-16(12-15)21(20)23(26)29/h2-7,15-17,20-21,27H,8-14H2,1H3. The number of nitrogens with zero attached hydrogens (tertiary/aromatic N) is 3. The minimum absolute atomic E-state index is 0.0816. The van der Waals surface area contributed by atoms with E-state index in [-0.39, 0.29) is 42.0 Å². The Morgan fingerprint density at radius 2 is 1.63 bits per heavy atom. The van der Waals surface area contributed by atoms with E-state index in [4.69, 9.17) is 4.74 Å². The molecule has 5 unspecified atom stereocenters. The number of hydrogen-bond donors (Lipinski definition) is 1. The van der Waals surface area contributed by atoms with Crippen LogP contribution in [0.2, 0.25) is 0 Å². The average molecular weight is 412 g/mol. The van der Waals surface area contributed by atoms with Gasteiger partial charge < -0.3 is 14.7 Å². The molecule has 0 aromatic heterocycles. The first-order chi connectivity index (χ1) is 14.6. The number of ether oxygens (including phenoxy) is 1. The van der Waals surface area contributed by atoms with E-state index in [9.17, 15) is 14.7 Å². The number of carbonyl (C=O) groups is 2. The molecule has 2 saturated heterocycles. The summed E-state index contributed by atoms with van der Waals surface area (Å²) in [6.07, 6.45) is 4.40. The highest BCUT2D eigenvalue weighted by atomic mass is 16.5. The molecular weight excluding hydrogens is 382 g/mol. The van der Waals surface area contributed by atoms with E-state index in [1.165, 1.54) is 4.90 Å². The van der Waals surface area contributed by atoms with E-state index < -0.39 is 6.10 Å². The van der Waals surface area contributed by atoms with Crippen molar-refractivity contribution in [1.82, 2.24) is 9.80 Å². The normalized spacial score (nSPS) is 31.5. The van der Waals surface area contributed by atoms with Gasteiger partial charge in [0.1, 0.15) is 5.75 Å². The topological polar surface area (TPSA) is 73.3 Å². The second kappa shape index (κ2) is 7.71. The maximum absolute atomic E-state index is 12.8. The summed E-state index contributed by atoms with van der Waals surface area (Å²) in [5.74, 6) is 0.742. The molecule has 1 saturated carbocycles. The van der Waals surface area contributed by atoms with Crippen molar-refractivity contribution in [2.45, 2.75) is 12.5 Å². The summed E-state index contributed by atoms with van der Waals surface area (Å²) in [7, 11) is 1.68. The molecule has 7 nitrogen and oxygen atoms in total. The Hall–Kier alpha value is -2.38. The number of aliphatic hydroxyl groups is 1. The highest BCUT2D eigenvalue weighted by molar-refractivity contribution is 6.06. The molecule has 0 spiro atoms. The molecule has 0 radical (unpaired) electrons. The molecule has 2 amide bonds. The second-order valence-electron chi connectivity index (χ2n) is 8.90. The Labute approximate surface area is 176 Å². The number of likely N-dealkylation sites (tertiary alicyclic amines) is 1. The summed E-state index contributed by atoms with van der Waals surface area (Å²) in [5.41, 5.74) is 1.09. The van der Waals surface area contributed by atoms with Crippen molar-refractivity contribution in [2.24, 2.45) is 23.7 Å². The summed E-state index contributed by atoms with van der Waals surface area (Å²) in [4.78, 5) is 31.4. The van der Waals surface area contributed by atoms with Gasteiger partial charge in [-0.05, 0) is 30.4 Å². The molecule has 2 aliphatic heterocycles. The number of benzene rings is 1. The molecule has 160 valence electrons. The predicted octanol–water partition coefficient (Wildman–Crippen LogP) is 0.985. The van der Waals surface area contributed by atoms with Gasteiger partial charge in [-0.15, -0.1) is 0 Å². The van der Waals surface area contributed by atoms with Gasteiger partial charge in [-0.1, -0.05) is 24.3 Å². The Morgan fingerprint density at radius 3 is 2.27 bits per heavy atom. The van der Waals surface area contributed by atoms with Crippen molar-refractivity contribution >= 4 is 17.5 Å². The zero-order chi connectivity index (χ0) is 20.8. The van der Waals surface area contributed by atoms with Crippen molar-refractivity contribution in [2.75, 3.05) is 51.3 Å². The second-order valence-corrected chi connectivity index (χ2v) is 8.90. The lowest BCUT2D eigenvalue weighted by Gasteiger charge is -2.37. The summed E-state index contributed by atoms with van der Waals surface area (Å²) >= 11 is 0. The number of allylic oxidation sites excluding steroid dienone is 2. The van der Waals surface area contributed by atoms with Crippen LogP contribution >= 0.6 is 0 Å². The van der Waals surface area contributed by atoms with Crippen LogP contribution in [-0.2, 0) is 9.59 Å². The Kier molecular flexibility index (Phi) is 5.03. The van der Waals surface area contributed by atoms with Crippen molar-refractivity contribution < 1.29 is 19.4 Å². The smallest absolute Gasteiger partial charge is 0.233 e. The number of hydrogen-bond acceptors (Lipinski definition) is 6. The van der Waals surface area contributed by atoms with Crippen LogP contribution in [0.3, 0.4) is 0 Å². The molecule has 1 aromatic carbocycles. The quantitative estimate of drug-likeness (QED) is 0.556. The number of fused-ring (bicyclic) bond motifs is 5. The number of para-hydroxylation sites is 2. The zero-order valence-corrected chi connectivity index (χ0v) is 17.3. The maximum atomic E-state index is 12.8. The van der Waals surface area contributed by atoms with Gasteiger partial charge in [0.05, 0.1) is 37.3 Å². The molecule has 3 fully saturated rings. The van der Waals surface area contributed by atoms with Crippen LogP contribution in [-0.4, -0.2) is 79.2 Å². The molecule has 7 heteroatoms. The lowest BCUT2D eigenvalue weighted by atomic mass is 9.85. The van der Waals surface area contributed by atoms with E-state index in [2.05, 4.69) is 28.0 Å². The largest absolute Gasteiger partial charge is 0.495 e. The highest BCUT2D eigenvalue weighted by Crippen LogP contribution is 2.52. The van der Waals surface area contributed by atoms with Crippen molar-refractivity contribution in [3.05, 3.63) is 36.4 Å². The number of aliphatic hydroxyl groups excluding tert-OH is 1. The molecule has 1 aromatic rings. The van der Waals surface area contributed by atoms with Gasteiger partial charge in [-0.3, -0.25) is 19.4 Å². The SMILES string of the molecule is COc1ccccc1N1CCN(CC(O)CN2C(=O)C3C4C=CC(C4)C3C2=O)CC1. The zero-order valence-electron chi connectivity index (χ0n) is 17.3. The lowest BCUT2D eigenvalue weighted by molar-refractivity contribution is -0.142.